The Bertz CT molecular complexity index is 433. The maximum Gasteiger partial charge on any atom is 0.269 e. The first-order valence-electron chi connectivity index (χ1n) is 5.17. The maximum atomic E-state index is 11.7. The molecule has 1 rings (SSSR count). The fourth-order valence-corrected chi connectivity index (χ4v) is 1.25. The van der Waals surface area contributed by atoms with Gasteiger partial charge < -0.3 is 5.73 Å². The summed E-state index contributed by atoms with van der Waals surface area (Å²) in [5, 5.41) is 0.0296. The molecular weight excluding hydrogens is 234 g/mol. The molecule has 0 saturated carbocycles. The highest BCUT2D eigenvalue weighted by molar-refractivity contribution is 7.80. The summed E-state index contributed by atoms with van der Waals surface area (Å²) in [6.45, 7) is 1.97. The number of carbonyl (C=O) groups is 1. The van der Waals surface area contributed by atoms with Gasteiger partial charge in [-0.25, -0.2) is 0 Å². The second-order valence-corrected chi connectivity index (χ2v) is 3.95. The molecule has 1 aliphatic rings. The number of hydrazine groups is 1. The van der Waals surface area contributed by atoms with Gasteiger partial charge in [0.25, 0.3) is 5.91 Å². The molecule has 0 unspecified atom stereocenters. The second-order valence-electron chi connectivity index (χ2n) is 3.51. The summed E-state index contributed by atoms with van der Waals surface area (Å²) < 4.78 is 0. The van der Waals surface area contributed by atoms with Crippen molar-refractivity contribution in [3.63, 3.8) is 0 Å². The van der Waals surface area contributed by atoms with E-state index in [4.69, 9.17) is 5.73 Å². The third-order valence-corrected chi connectivity index (χ3v) is 2.16. The van der Waals surface area contributed by atoms with Crippen LogP contribution in [0.15, 0.2) is 47.6 Å². The van der Waals surface area contributed by atoms with Gasteiger partial charge in [0.05, 0.1) is 0 Å². The highest BCUT2D eigenvalue weighted by Crippen LogP contribution is 2.06. The number of amides is 1. The molecule has 0 radical (unpaired) electrons. The predicted molar refractivity (Wildman–Crippen MR) is 72.8 cm³/mol. The Morgan fingerprint density at radius 1 is 1.41 bits per heavy atom. The van der Waals surface area contributed by atoms with Crippen LogP contribution in [0.4, 0.5) is 0 Å². The Morgan fingerprint density at radius 3 is 2.88 bits per heavy atom. The molecule has 17 heavy (non-hydrogen) atoms. The SMILES string of the molecule is CC1=C/C=C\C/C=C(C(=O)NNC(N)=S)\C=C\1. The van der Waals surface area contributed by atoms with Crippen molar-refractivity contribution in [2.45, 2.75) is 13.3 Å². The molecule has 0 atom stereocenters. The number of nitrogens with one attached hydrogen (secondary N) is 2. The summed E-state index contributed by atoms with van der Waals surface area (Å²) in [5.41, 5.74) is 11.7. The molecule has 0 fully saturated rings. The standard InChI is InChI=1S/C12H15N3OS/c1-9-5-3-2-4-6-10(8-7-9)11(16)14-15-12(13)17/h2-3,5-8H,4H2,1H3,(H,14,16)(H3,13,15,17)/b3-2-,8-7+,9-5-,10-6+. The number of allylic oxidation sites excluding steroid dienone is 6. The second kappa shape index (κ2) is 6.65. The van der Waals surface area contributed by atoms with Crippen molar-refractivity contribution in [3.05, 3.63) is 47.6 Å². The first-order valence-corrected chi connectivity index (χ1v) is 5.58. The van der Waals surface area contributed by atoms with Crippen LogP contribution in [0.25, 0.3) is 0 Å². The van der Waals surface area contributed by atoms with E-state index < -0.39 is 0 Å². The Morgan fingerprint density at radius 2 is 2.18 bits per heavy atom. The molecule has 5 heteroatoms. The van der Waals surface area contributed by atoms with Crippen LogP contribution >= 0.6 is 12.2 Å². The summed E-state index contributed by atoms with van der Waals surface area (Å²) >= 11 is 4.60. The molecule has 4 N–H and O–H groups in total. The third kappa shape index (κ3) is 5.12. The lowest BCUT2D eigenvalue weighted by atomic mass is 10.1. The Balaban J connectivity index is 2.74. The molecule has 0 aliphatic heterocycles. The number of hydrogen-bond donors (Lipinski definition) is 3. The normalized spacial score (nSPS) is 24.8. The van der Waals surface area contributed by atoms with E-state index in [1.807, 2.05) is 37.3 Å². The number of thiocarbonyl (C=S) groups is 1. The van der Waals surface area contributed by atoms with Crippen LogP contribution in [0.5, 0.6) is 0 Å². The van der Waals surface area contributed by atoms with Gasteiger partial charge in [-0.15, -0.1) is 0 Å². The molecule has 0 spiro atoms. The van der Waals surface area contributed by atoms with Crippen molar-refractivity contribution in [2.75, 3.05) is 0 Å². The number of nitrogens with two attached hydrogens (primary N) is 1. The van der Waals surface area contributed by atoms with Gasteiger partial charge >= 0.3 is 0 Å². The Labute approximate surface area is 106 Å². The average Bonchev–Trinajstić information content (AvgIpc) is 2.38. The minimum atomic E-state index is -0.267. The van der Waals surface area contributed by atoms with Crippen molar-refractivity contribution < 1.29 is 4.79 Å². The fourth-order valence-electron chi connectivity index (χ4n) is 1.20. The van der Waals surface area contributed by atoms with E-state index >= 15 is 0 Å². The summed E-state index contributed by atoms with van der Waals surface area (Å²) in [5.74, 6) is -0.267. The van der Waals surface area contributed by atoms with Crippen LogP contribution in [-0.2, 0) is 4.79 Å². The van der Waals surface area contributed by atoms with Crippen LogP contribution in [0.3, 0.4) is 0 Å². The molecule has 1 aliphatic carbocycles. The molecule has 90 valence electrons. The number of carbonyl (C=O) groups excluding carboxylic acids is 1. The van der Waals surface area contributed by atoms with E-state index in [-0.39, 0.29) is 11.0 Å². The van der Waals surface area contributed by atoms with Crippen molar-refractivity contribution in [1.82, 2.24) is 10.9 Å². The van der Waals surface area contributed by atoms with Gasteiger partial charge in [0.1, 0.15) is 0 Å². The van der Waals surface area contributed by atoms with E-state index in [1.54, 1.807) is 6.08 Å². The van der Waals surface area contributed by atoms with E-state index in [1.165, 1.54) is 0 Å². The zero-order chi connectivity index (χ0) is 12.7. The molecule has 0 aromatic carbocycles. The van der Waals surface area contributed by atoms with Crippen molar-refractivity contribution in [2.24, 2.45) is 5.73 Å². The van der Waals surface area contributed by atoms with E-state index in [9.17, 15) is 4.79 Å². The van der Waals surface area contributed by atoms with Crippen LogP contribution in [0.1, 0.15) is 13.3 Å². The lowest BCUT2D eigenvalue weighted by molar-refractivity contribution is -0.117. The van der Waals surface area contributed by atoms with Crippen LogP contribution in [-0.4, -0.2) is 11.0 Å². The van der Waals surface area contributed by atoms with Crippen LogP contribution in [0.2, 0.25) is 0 Å². The summed E-state index contributed by atoms with van der Waals surface area (Å²) in [4.78, 5) is 11.7. The summed E-state index contributed by atoms with van der Waals surface area (Å²) in [6, 6.07) is 0. The largest absolute Gasteiger partial charge is 0.375 e. The average molecular weight is 249 g/mol. The minimum Gasteiger partial charge on any atom is -0.375 e. The molecule has 0 saturated heterocycles. The monoisotopic (exact) mass is 249 g/mol. The molecule has 4 nitrogen and oxygen atoms in total. The molecule has 0 heterocycles. The fraction of sp³-hybridized carbons (Fsp3) is 0.167. The zero-order valence-electron chi connectivity index (χ0n) is 9.57. The Hall–Kier alpha value is -1.88. The summed E-state index contributed by atoms with van der Waals surface area (Å²) in [7, 11) is 0. The molecule has 0 aromatic rings. The smallest absolute Gasteiger partial charge is 0.269 e. The lowest BCUT2D eigenvalue weighted by Gasteiger charge is -2.06. The molecule has 0 bridgehead atoms. The zero-order valence-corrected chi connectivity index (χ0v) is 10.4. The van der Waals surface area contributed by atoms with Gasteiger partial charge in [-0.05, 0) is 31.6 Å². The van der Waals surface area contributed by atoms with E-state index in [2.05, 4.69) is 23.1 Å². The van der Waals surface area contributed by atoms with E-state index in [0.717, 1.165) is 5.57 Å². The van der Waals surface area contributed by atoms with Crippen LogP contribution < -0.4 is 16.6 Å². The van der Waals surface area contributed by atoms with Crippen molar-refractivity contribution >= 4 is 23.2 Å². The third-order valence-electron chi connectivity index (χ3n) is 2.06. The predicted octanol–water partition coefficient (Wildman–Crippen LogP) is 1.24. The number of hydrogen-bond acceptors (Lipinski definition) is 2. The highest BCUT2D eigenvalue weighted by atomic mass is 32.1. The van der Waals surface area contributed by atoms with Crippen LogP contribution in [0, 0.1) is 0 Å². The van der Waals surface area contributed by atoms with Crippen molar-refractivity contribution in [3.8, 4) is 0 Å². The first-order chi connectivity index (χ1) is 8.09. The van der Waals surface area contributed by atoms with Gasteiger partial charge in [0.2, 0.25) is 0 Å². The maximum absolute atomic E-state index is 11.7. The first kappa shape index (κ1) is 13.2. The van der Waals surface area contributed by atoms with Crippen molar-refractivity contribution in [1.29, 1.82) is 0 Å². The van der Waals surface area contributed by atoms with Gasteiger partial charge in [0, 0.05) is 5.57 Å². The molecular formula is C12H15N3OS. The van der Waals surface area contributed by atoms with E-state index in [0.29, 0.717) is 12.0 Å². The quantitative estimate of drug-likeness (QED) is 0.483. The van der Waals surface area contributed by atoms with Gasteiger partial charge in [0.15, 0.2) is 5.11 Å². The Kier molecular flexibility index (Phi) is 5.16. The molecule has 0 aromatic heterocycles. The number of rotatable bonds is 1. The van der Waals surface area contributed by atoms with Gasteiger partial charge in [-0.2, -0.15) is 0 Å². The minimum absolute atomic E-state index is 0.0296. The lowest BCUT2D eigenvalue weighted by Crippen LogP contribution is -2.44. The summed E-state index contributed by atoms with van der Waals surface area (Å²) in [6.07, 6.45) is 12.1. The molecule has 1 amide bonds. The van der Waals surface area contributed by atoms with Gasteiger partial charge in [-0.3, -0.25) is 15.6 Å². The van der Waals surface area contributed by atoms with Gasteiger partial charge in [-0.1, -0.05) is 36.0 Å². The highest BCUT2D eigenvalue weighted by Gasteiger charge is 2.05. The topological polar surface area (TPSA) is 67.2 Å².